The molecule has 0 radical (unpaired) electrons. The van der Waals surface area contributed by atoms with E-state index >= 15 is 0 Å². The molecule has 2 aromatic heterocycles. The minimum atomic E-state index is -4.42. The largest absolute Gasteiger partial charge is 0.493 e. The van der Waals surface area contributed by atoms with Gasteiger partial charge in [0, 0.05) is 17.5 Å². The maximum absolute atomic E-state index is 13.8. The molecule has 4 aromatic rings. The van der Waals surface area contributed by atoms with Crippen LogP contribution in [0.5, 0.6) is 5.75 Å². The van der Waals surface area contributed by atoms with Crippen LogP contribution >= 0.6 is 0 Å². The number of alkyl halides is 3. The van der Waals surface area contributed by atoms with Crippen LogP contribution in [0.1, 0.15) is 50.4 Å². The van der Waals surface area contributed by atoms with E-state index < -0.39 is 11.7 Å². The predicted octanol–water partition coefficient (Wildman–Crippen LogP) is 7.52. The number of fused-ring (bicyclic) bond motifs is 2. The number of halogens is 4. The highest BCUT2D eigenvalue weighted by Crippen LogP contribution is 2.34. The Morgan fingerprint density at radius 2 is 1.89 bits per heavy atom. The van der Waals surface area contributed by atoms with Crippen LogP contribution in [0.2, 0.25) is 0 Å². The second-order valence-corrected chi connectivity index (χ2v) is 9.10. The number of aromatic nitrogens is 3. The van der Waals surface area contributed by atoms with E-state index in [9.17, 15) is 17.6 Å². The summed E-state index contributed by atoms with van der Waals surface area (Å²) in [5.41, 5.74) is 0.762. The van der Waals surface area contributed by atoms with Crippen molar-refractivity contribution in [2.75, 3.05) is 6.61 Å². The molecule has 0 spiro atoms. The molecular weight excluding hydrogens is 472 g/mol. The summed E-state index contributed by atoms with van der Waals surface area (Å²) >= 11 is 0. The summed E-state index contributed by atoms with van der Waals surface area (Å²) in [6.45, 7) is 4.37. The lowest BCUT2D eigenvalue weighted by atomic mass is 9.82. The zero-order chi connectivity index (χ0) is 25.9. The minimum absolute atomic E-state index is 0.0175. The number of hydrogen-bond donors (Lipinski definition) is 2. The number of benzene rings is 2. The summed E-state index contributed by atoms with van der Waals surface area (Å²) in [5.74, 6) is 0.837. The van der Waals surface area contributed by atoms with Gasteiger partial charge in [-0.25, -0.2) is 9.37 Å². The number of nitrogens with zero attached hydrogens (tertiary/aromatic N) is 2. The van der Waals surface area contributed by atoms with Gasteiger partial charge >= 0.3 is 6.18 Å². The quantitative estimate of drug-likeness (QED) is 0.175. The molecule has 190 valence electrons. The molecule has 2 heterocycles. The van der Waals surface area contributed by atoms with Gasteiger partial charge in [-0.05, 0) is 79.8 Å². The maximum atomic E-state index is 13.8. The number of aromatic amines is 1. The molecule has 1 unspecified atom stereocenters. The lowest BCUT2D eigenvalue weighted by Crippen LogP contribution is -2.20. The molecule has 0 saturated heterocycles. The molecule has 9 heteroatoms. The van der Waals surface area contributed by atoms with Gasteiger partial charge in [0.05, 0.1) is 28.7 Å². The van der Waals surface area contributed by atoms with Gasteiger partial charge in [-0.3, -0.25) is 4.98 Å². The molecule has 0 bridgehead atoms. The highest BCUT2D eigenvalue weighted by Gasteiger charge is 2.31. The number of imidazole rings is 1. The third kappa shape index (κ3) is 5.66. The van der Waals surface area contributed by atoms with E-state index in [2.05, 4.69) is 15.0 Å². The number of pyridine rings is 1. The SMILES string of the molecule is CC[C@@H](C=N)[C@H](CCOc1ccnc2ccc(F)cc12)CC(C)c1nc2ccc(C(F)(F)F)cc2[nH]1. The number of nitrogens with one attached hydrogen (secondary N) is 2. The summed E-state index contributed by atoms with van der Waals surface area (Å²) in [7, 11) is 0. The molecule has 4 rings (SSSR count). The fraction of sp³-hybridized carbons (Fsp3) is 0.370. The first-order chi connectivity index (χ1) is 17.2. The third-order valence-electron chi connectivity index (χ3n) is 6.65. The third-order valence-corrected chi connectivity index (χ3v) is 6.65. The van der Waals surface area contributed by atoms with Gasteiger partial charge in [0.1, 0.15) is 17.4 Å². The summed E-state index contributed by atoms with van der Waals surface area (Å²) in [5, 5.41) is 8.49. The van der Waals surface area contributed by atoms with E-state index in [1.165, 1.54) is 24.4 Å². The molecule has 2 N–H and O–H groups in total. The molecule has 0 aliphatic heterocycles. The Labute approximate surface area is 206 Å². The van der Waals surface area contributed by atoms with Crippen LogP contribution in [-0.4, -0.2) is 27.8 Å². The van der Waals surface area contributed by atoms with Gasteiger partial charge in [-0.15, -0.1) is 0 Å². The van der Waals surface area contributed by atoms with E-state index in [0.717, 1.165) is 18.6 Å². The molecule has 0 amide bonds. The molecule has 36 heavy (non-hydrogen) atoms. The van der Waals surface area contributed by atoms with Crippen LogP contribution in [0, 0.1) is 23.1 Å². The van der Waals surface area contributed by atoms with E-state index in [1.54, 1.807) is 18.3 Å². The Bertz CT molecular complexity index is 1350. The Morgan fingerprint density at radius 3 is 2.61 bits per heavy atom. The normalized spacial score (nSPS) is 14.6. The van der Waals surface area contributed by atoms with Crippen molar-refractivity contribution >= 4 is 28.2 Å². The van der Waals surface area contributed by atoms with E-state index in [4.69, 9.17) is 10.1 Å². The summed E-state index contributed by atoms with van der Waals surface area (Å²) in [6, 6.07) is 9.56. The van der Waals surface area contributed by atoms with Gasteiger partial charge in [0.15, 0.2) is 0 Å². The standard InChI is InChI=1S/C27H28F4N4O/c1-3-17(15-32)18(9-11-36-25-8-10-33-22-7-5-20(28)14-21(22)25)12-16(2)26-34-23-6-4-19(27(29,30)31)13-24(23)35-26/h4-8,10,13-18,32H,3,9,11-12H2,1-2H3,(H,34,35)/t16?,17-,18+/m0/s1. The molecule has 0 saturated carbocycles. The zero-order valence-electron chi connectivity index (χ0n) is 20.1. The average Bonchev–Trinajstić information content (AvgIpc) is 3.28. The lowest BCUT2D eigenvalue weighted by Gasteiger charge is -2.25. The van der Waals surface area contributed by atoms with Crippen molar-refractivity contribution in [2.24, 2.45) is 11.8 Å². The number of ether oxygens (including phenoxy) is 1. The number of rotatable bonds is 10. The van der Waals surface area contributed by atoms with Crippen molar-refractivity contribution in [3.63, 3.8) is 0 Å². The Balaban J connectivity index is 1.48. The van der Waals surface area contributed by atoms with E-state index in [1.807, 2.05) is 13.8 Å². The van der Waals surface area contributed by atoms with Gasteiger partial charge in [-0.1, -0.05) is 13.8 Å². The summed E-state index contributed by atoms with van der Waals surface area (Å²) in [4.78, 5) is 11.8. The highest BCUT2D eigenvalue weighted by atomic mass is 19.4. The second-order valence-electron chi connectivity index (χ2n) is 9.10. The molecule has 0 aliphatic rings. The minimum Gasteiger partial charge on any atom is -0.493 e. The van der Waals surface area contributed by atoms with Crippen LogP contribution in [-0.2, 0) is 6.18 Å². The summed E-state index contributed by atoms with van der Waals surface area (Å²) < 4.78 is 59.0. The van der Waals surface area contributed by atoms with Gasteiger partial charge in [0.2, 0.25) is 0 Å². The van der Waals surface area contributed by atoms with E-state index in [0.29, 0.717) is 53.0 Å². The molecular formula is C27H28F4N4O. The highest BCUT2D eigenvalue weighted by molar-refractivity contribution is 5.84. The van der Waals surface area contributed by atoms with E-state index in [-0.39, 0.29) is 23.6 Å². The van der Waals surface area contributed by atoms with Crippen LogP contribution in [0.25, 0.3) is 21.9 Å². The Hall–Kier alpha value is -3.49. The average molecular weight is 501 g/mol. The molecule has 0 fully saturated rings. The first-order valence-corrected chi connectivity index (χ1v) is 11.9. The fourth-order valence-corrected chi connectivity index (χ4v) is 4.64. The van der Waals surface area contributed by atoms with Crippen LogP contribution in [0.4, 0.5) is 17.6 Å². The second kappa shape index (κ2) is 10.6. The first kappa shape index (κ1) is 25.6. The van der Waals surface area contributed by atoms with Crippen LogP contribution in [0.3, 0.4) is 0 Å². The smallest absolute Gasteiger partial charge is 0.416 e. The van der Waals surface area contributed by atoms with Crippen molar-refractivity contribution in [1.29, 1.82) is 5.41 Å². The number of hydrogen-bond acceptors (Lipinski definition) is 4. The van der Waals surface area contributed by atoms with Crippen molar-refractivity contribution in [1.82, 2.24) is 15.0 Å². The maximum Gasteiger partial charge on any atom is 0.416 e. The van der Waals surface area contributed by atoms with Gasteiger partial charge in [-0.2, -0.15) is 13.2 Å². The zero-order valence-corrected chi connectivity index (χ0v) is 20.1. The Kier molecular flexibility index (Phi) is 7.56. The van der Waals surface area contributed by atoms with Crippen molar-refractivity contribution in [3.05, 3.63) is 65.9 Å². The monoisotopic (exact) mass is 500 g/mol. The topological polar surface area (TPSA) is 74.7 Å². The molecule has 3 atom stereocenters. The summed E-state index contributed by atoms with van der Waals surface area (Å²) in [6.07, 6.45) is 0.751. The fourth-order valence-electron chi connectivity index (χ4n) is 4.64. The number of H-pyrrole nitrogens is 1. The van der Waals surface area contributed by atoms with Crippen LogP contribution in [0.15, 0.2) is 48.7 Å². The van der Waals surface area contributed by atoms with Gasteiger partial charge < -0.3 is 15.1 Å². The predicted molar refractivity (Wildman–Crippen MR) is 132 cm³/mol. The first-order valence-electron chi connectivity index (χ1n) is 11.9. The van der Waals surface area contributed by atoms with Crippen molar-refractivity contribution in [3.8, 4) is 5.75 Å². The van der Waals surface area contributed by atoms with Crippen molar-refractivity contribution in [2.45, 2.75) is 45.2 Å². The molecule has 2 aromatic carbocycles. The Morgan fingerprint density at radius 1 is 1.11 bits per heavy atom. The molecule has 0 aliphatic carbocycles. The van der Waals surface area contributed by atoms with Crippen molar-refractivity contribution < 1.29 is 22.3 Å². The lowest BCUT2D eigenvalue weighted by molar-refractivity contribution is -0.137. The molecule has 5 nitrogen and oxygen atoms in total. The van der Waals surface area contributed by atoms with Crippen LogP contribution < -0.4 is 4.74 Å². The van der Waals surface area contributed by atoms with Gasteiger partial charge in [0.25, 0.3) is 0 Å².